The topological polar surface area (TPSA) is 29.5 Å². The largest absolute Gasteiger partial charge is 0.497 e. The Morgan fingerprint density at radius 1 is 0.903 bits per heavy atom. The average molecular weight is 435 g/mol. The van der Waals surface area contributed by atoms with E-state index in [9.17, 15) is 5.11 Å². The number of halogens is 1. The number of ether oxygens (including phenoxy) is 1. The maximum atomic E-state index is 15.2. The first-order valence-corrected chi connectivity index (χ1v) is 12.8. The summed E-state index contributed by atoms with van der Waals surface area (Å²) in [6.07, 6.45) is 0.316. The molecule has 3 aromatic rings. The van der Waals surface area contributed by atoms with E-state index in [1.165, 1.54) is 10.4 Å². The van der Waals surface area contributed by atoms with Gasteiger partial charge in [0.05, 0.1) is 7.11 Å². The van der Waals surface area contributed by atoms with Crippen molar-refractivity contribution >= 4 is 18.4 Å². The Bertz CT molecular complexity index is 953. The van der Waals surface area contributed by atoms with Gasteiger partial charge < -0.3 is 9.84 Å². The maximum Gasteiger partial charge on any atom is 0.130 e. The molecular weight excluding hydrogens is 403 g/mol. The van der Waals surface area contributed by atoms with Crippen LogP contribution >= 0.6 is 0 Å². The van der Waals surface area contributed by atoms with E-state index in [0.29, 0.717) is 17.4 Å². The molecule has 0 aliphatic carbocycles. The molecule has 0 aliphatic heterocycles. The van der Waals surface area contributed by atoms with Crippen LogP contribution < -0.4 is 15.1 Å². The zero-order valence-corrected chi connectivity index (χ0v) is 19.7. The maximum absolute atomic E-state index is 15.2. The summed E-state index contributed by atoms with van der Waals surface area (Å²) in [5.74, 6) is 0.158. The van der Waals surface area contributed by atoms with Gasteiger partial charge in [0.15, 0.2) is 0 Å². The monoisotopic (exact) mass is 434 g/mol. The smallest absolute Gasteiger partial charge is 0.130 e. The van der Waals surface area contributed by atoms with Gasteiger partial charge >= 0.3 is 0 Å². The predicted molar refractivity (Wildman–Crippen MR) is 130 cm³/mol. The summed E-state index contributed by atoms with van der Waals surface area (Å²) in [4.78, 5) is 0. The first kappa shape index (κ1) is 23.0. The molecule has 0 amide bonds. The highest BCUT2D eigenvalue weighted by Gasteiger charge is 2.46. The summed E-state index contributed by atoms with van der Waals surface area (Å²) >= 11 is 0. The van der Waals surface area contributed by atoms with E-state index in [1.54, 1.807) is 37.5 Å². The first-order chi connectivity index (χ1) is 14.8. The highest BCUT2D eigenvalue weighted by atomic mass is 28.3. The summed E-state index contributed by atoms with van der Waals surface area (Å²) in [6, 6.07) is 28.3. The molecule has 162 valence electrons. The van der Waals surface area contributed by atoms with Gasteiger partial charge in [0.1, 0.15) is 25.8 Å². The van der Waals surface area contributed by atoms with E-state index in [1.807, 2.05) is 12.1 Å². The van der Waals surface area contributed by atoms with Crippen LogP contribution in [-0.4, -0.2) is 20.3 Å². The number of rotatable bonds is 7. The Morgan fingerprint density at radius 2 is 1.39 bits per heavy atom. The van der Waals surface area contributed by atoms with E-state index in [0.717, 1.165) is 0 Å². The van der Waals surface area contributed by atoms with Crippen molar-refractivity contribution in [1.82, 2.24) is 0 Å². The second kappa shape index (κ2) is 9.63. The van der Waals surface area contributed by atoms with Crippen molar-refractivity contribution in [2.24, 2.45) is 0 Å². The van der Waals surface area contributed by atoms with Crippen molar-refractivity contribution in [3.05, 3.63) is 102 Å². The van der Waals surface area contributed by atoms with Crippen molar-refractivity contribution in [3.63, 3.8) is 0 Å². The molecule has 0 spiro atoms. The molecule has 3 aromatic carbocycles. The molecule has 0 radical (unpaired) electrons. The predicted octanol–water partition coefficient (Wildman–Crippen LogP) is 5.65. The fourth-order valence-electron chi connectivity index (χ4n) is 4.33. The molecule has 3 rings (SSSR count). The van der Waals surface area contributed by atoms with Gasteiger partial charge in [0, 0.05) is 0 Å². The van der Waals surface area contributed by atoms with Crippen molar-refractivity contribution in [2.75, 3.05) is 7.11 Å². The van der Waals surface area contributed by atoms with E-state index >= 15 is 4.39 Å². The third-order valence-corrected chi connectivity index (χ3v) is 12.1. The quantitative estimate of drug-likeness (QED) is 0.487. The zero-order chi connectivity index (χ0) is 22.5. The van der Waals surface area contributed by atoms with E-state index in [2.05, 4.69) is 69.3 Å². The van der Waals surface area contributed by atoms with Crippen LogP contribution in [0.25, 0.3) is 0 Å². The highest BCUT2D eigenvalue weighted by molar-refractivity contribution is 7.04. The number of allylic oxidation sites excluding steroid dienone is 1. The lowest BCUT2D eigenvalue weighted by Gasteiger charge is -2.43. The minimum Gasteiger partial charge on any atom is -0.497 e. The molecule has 2 nitrogen and oxygen atoms in total. The number of methoxy groups -OCH3 is 1. The molecular formula is C27H31FO2Si. The fraction of sp³-hybridized carbons (Fsp3) is 0.259. The Kier molecular flexibility index (Phi) is 7.14. The molecule has 4 heteroatoms. The van der Waals surface area contributed by atoms with E-state index < -0.39 is 20.0 Å². The zero-order valence-electron chi connectivity index (χ0n) is 18.7. The molecule has 1 atom stereocenters. The van der Waals surface area contributed by atoms with Crippen molar-refractivity contribution in [2.45, 2.75) is 38.0 Å². The Labute approximate surface area is 186 Å². The van der Waals surface area contributed by atoms with Gasteiger partial charge in [0.2, 0.25) is 0 Å². The van der Waals surface area contributed by atoms with Gasteiger partial charge in [0.25, 0.3) is 0 Å². The van der Waals surface area contributed by atoms with Crippen molar-refractivity contribution < 1.29 is 14.2 Å². The third-order valence-electron chi connectivity index (χ3n) is 6.11. The van der Waals surface area contributed by atoms with Crippen LogP contribution in [0.1, 0.15) is 32.4 Å². The first-order valence-electron chi connectivity index (χ1n) is 10.6. The number of hydrogen-bond donors (Lipinski definition) is 1. The lowest BCUT2D eigenvalue weighted by molar-refractivity contribution is 0.185. The van der Waals surface area contributed by atoms with Gasteiger partial charge in [-0.25, -0.2) is 4.39 Å². The Balaban J connectivity index is 2.04. The standard InChI is InChI=1S/C27H31FO2Si/c1-27(2,3)31(23-11-7-5-8-12-23,24-13-9-6-10-14-24)20-19-25(28)26(29)21-15-17-22(30-4)18-16-21/h5-19,26,29H,20H2,1-4H3/b25-19-. The molecule has 31 heavy (non-hydrogen) atoms. The lowest BCUT2D eigenvalue weighted by Crippen LogP contribution is -2.63. The summed E-state index contributed by atoms with van der Waals surface area (Å²) in [6.45, 7) is 6.72. The van der Waals surface area contributed by atoms with Crippen molar-refractivity contribution in [3.8, 4) is 5.75 Å². The van der Waals surface area contributed by atoms with Crippen LogP contribution in [0, 0.1) is 0 Å². The Hall–Kier alpha value is -2.69. The second-order valence-corrected chi connectivity index (χ2v) is 13.7. The van der Waals surface area contributed by atoms with Gasteiger partial charge in [-0.15, -0.1) is 0 Å². The molecule has 0 saturated carbocycles. The van der Waals surface area contributed by atoms with Gasteiger partial charge in [-0.05, 0) is 28.8 Å². The van der Waals surface area contributed by atoms with Crippen LogP contribution in [0.2, 0.25) is 11.1 Å². The summed E-state index contributed by atoms with van der Waals surface area (Å²) in [5, 5.41) is 13.1. The highest BCUT2D eigenvalue weighted by Crippen LogP contribution is 2.39. The second-order valence-electron chi connectivity index (χ2n) is 8.86. The van der Waals surface area contributed by atoms with Gasteiger partial charge in [-0.3, -0.25) is 0 Å². The molecule has 1 unspecified atom stereocenters. The summed E-state index contributed by atoms with van der Waals surface area (Å²) in [5.41, 5.74) is 0.511. The normalized spacial score (nSPS) is 13.7. The van der Waals surface area contributed by atoms with Gasteiger partial charge in [-0.2, -0.15) is 0 Å². The minimum atomic E-state index is -2.42. The molecule has 0 heterocycles. The molecule has 0 aliphatic rings. The third kappa shape index (κ3) is 4.81. The minimum absolute atomic E-state index is 0.0719. The van der Waals surface area contributed by atoms with Crippen LogP contribution in [0.5, 0.6) is 5.75 Å². The molecule has 0 aromatic heterocycles. The Morgan fingerprint density at radius 3 is 1.81 bits per heavy atom. The number of aliphatic hydroxyl groups excluding tert-OH is 1. The molecule has 1 N–H and O–H groups in total. The van der Waals surface area contributed by atoms with Crippen LogP contribution in [-0.2, 0) is 0 Å². The van der Waals surface area contributed by atoms with Crippen LogP contribution in [0.15, 0.2) is 96.8 Å². The number of hydrogen-bond acceptors (Lipinski definition) is 2. The summed E-state index contributed by atoms with van der Waals surface area (Å²) in [7, 11) is -0.842. The number of benzene rings is 3. The van der Waals surface area contributed by atoms with Gasteiger partial charge in [-0.1, -0.05) is 110 Å². The summed E-state index contributed by atoms with van der Waals surface area (Å²) < 4.78 is 20.4. The molecule has 0 saturated heterocycles. The fourth-order valence-corrected chi connectivity index (χ4v) is 9.50. The van der Waals surface area contributed by atoms with E-state index in [-0.39, 0.29) is 5.04 Å². The van der Waals surface area contributed by atoms with Crippen LogP contribution in [0.3, 0.4) is 0 Å². The van der Waals surface area contributed by atoms with Crippen LogP contribution in [0.4, 0.5) is 4.39 Å². The molecule has 0 bridgehead atoms. The lowest BCUT2D eigenvalue weighted by atomic mass is 10.1. The average Bonchev–Trinajstić information content (AvgIpc) is 2.79. The number of aliphatic hydroxyl groups is 1. The van der Waals surface area contributed by atoms with E-state index in [4.69, 9.17) is 4.74 Å². The van der Waals surface area contributed by atoms with Crippen molar-refractivity contribution in [1.29, 1.82) is 0 Å². The SMILES string of the molecule is COc1ccc(C(O)/C(F)=C/C[Si](c2ccccc2)(c2ccccc2)C(C)(C)C)cc1. The molecule has 0 fully saturated rings.